The molecule has 0 radical (unpaired) electrons. The lowest BCUT2D eigenvalue weighted by atomic mass is 9.84. The van der Waals surface area contributed by atoms with E-state index in [0.717, 1.165) is 16.9 Å². The number of aromatic nitrogens is 2. The lowest BCUT2D eigenvalue weighted by Crippen LogP contribution is -2.45. The van der Waals surface area contributed by atoms with Crippen molar-refractivity contribution >= 4 is 29.1 Å². The Labute approximate surface area is 225 Å². The van der Waals surface area contributed by atoms with Crippen LogP contribution in [-0.4, -0.2) is 38.6 Å². The Kier molecular flexibility index (Phi) is 7.08. The van der Waals surface area contributed by atoms with E-state index in [-0.39, 0.29) is 11.7 Å². The molecule has 1 aromatic heterocycles. The molecule has 4 aromatic rings. The van der Waals surface area contributed by atoms with E-state index in [1.165, 1.54) is 12.1 Å². The number of halogens is 3. The Morgan fingerprint density at radius 2 is 1.65 bits per heavy atom. The van der Waals surface area contributed by atoms with Gasteiger partial charge in [-0.05, 0) is 73.4 Å². The van der Waals surface area contributed by atoms with Crippen molar-refractivity contribution in [3.8, 4) is 17.1 Å². The molecular weight excluding hydrogens is 512 g/mol. The highest BCUT2D eigenvalue weighted by molar-refractivity contribution is 6.33. The fourth-order valence-corrected chi connectivity index (χ4v) is 5.27. The molecule has 1 fully saturated rings. The van der Waals surface area contributed by atoms with E-state index in [0.29, 0.717) is 59.5 Å². The van der Waals surface area contributed by atoms with E-state index >= 15 is 0 Å². The van der Waals surface area contributed by atoms with Crippen LogP contribution in [0.1, 0.15) is 41.5 Å². The standard InChI is InChI=1S/C29H26Cl2FN3O2/c1-2-25-26(28(36)34-17-15-29(37,16-18-34)19-7-11-21(32)12-8-19)33-27(23-5-3-4-6-24(23)31)35(25)22-13-9-20(30)10-14-22/h3-14,37H,2,15-18H2,1H3. The van der Waals surface area contributed by atoms with Crippen molar-refractivity contribution in [3.63, 3.8) is 0 Å². The van der Waals surface area contributed by atoms with Crippen LogP contribution in [0.2, 0.25) is 10.0 Å². The maximum Gasteiger partial charge on any atom is 0.274 e. The maximum absolute atomic E-state index is 13.8. The van der Waals surface area contributed by atoms with Crippen LogP contribution in [0.25, 0.3) is 17.1 Å². The molecule has 2 heterocycles. The van der Waals surface area contributed by atoms with Gasteiger partial charge in [0.05, 0.1) is 16.3 Å². The molecule has 0 saturated carbocycles. The molecule has 1 aliphatic rings. The summed E-state index contributed by atoms with van der Waals surface area (Å²) >= 11 is 12.7. The molecule has 0 spiro atoms. The van der Waals surface area contributed by atoms with Gasteiger partial charge in [0, 0.05) is 29.4 Å². The second kappa shape index (κ2) is 10.3. The summed E-state index contributed by atoms with van der Waals surface area (Å²) < 4.78 is 15.3. The Morgan fingerprint density at radius 3 is 2.27 bits per heavy atom. The number of likely N-dealkylation sites (tertiary alicyclic amines) is 1. The molecular formula is C29H26Cl2FN3O2. The molecule has 1 N–H and O–H groups in total. The smallest absolute Gasteiger partial charge is 0.274 e. The second-order valence-corrected chi connectivity index (χ2v) is 10.1. The van der Waals surface area contributed by atoms with Crippen LogP contribution < -0.4 is 0 Å². The van der Waals surface area contributed by atoms with Crippen molar-refractivity contribution in [3.05, 3.63) is 106 Å². The third-order valence-electron chi connectivity index (χ3n) is 6.97. The number of aliphatic hydroxyl groups is 1. The monoisotopic (exact) mass is 537 g/mol. The molecule has 3 aromatic carbocycles. The molecule has 0 atom stereocenters. The van der Waals surface area contributed by atoms with Gasteiger partial charge < -0.3 is 10.0 Å². The Morgan fingerprint density at radius 1 is 1.00 bits per heavy atom. The Hall–Kier alpha value is -3.19. The van der Waals surface area contributed by atoms with Crippen LogP contribution in [0.3, 0.4) is 0 Å². The molecule has 1 amide bonds. The topological polar surface area (TPSA) is 58.4 Å². The number of amides is 1. The van der Waals surface area contributed by atoms with Gasteiger partial charge in [0.15, 0.2) is 5.69 Å². The molecule has 190 valence electrons. The van der Waals surface area contributed by atoms with Gasteiger partial charge in [-0.3, -0.25) is 9.36 Å². The van der Waals surface area contributed by atoms with Gasteiger partial charge in [0.2, 0.25) is 0 Å². The molecule has 1 aliphatic heterocycles. The molecule has 0 bridgehead atoms. The number of hydrogen-bond donors (Lipinski definition) is 1. The number of benzene rings is 3. The highest BCUT2D eigenvalue weighted by atomic mass is 35.5. The number of nitrogens with zero attached hydrogens (tertiary/aromatic N) is 3. The van der Waals surface area contributed by atoms with Gasteiger partial charge in [-0.15, -0.1) is 0 Å². The number of carbonyl (C=O) groups is 1. The van der Waals surface area contributed by atoms with Crippen LogP contribution in [0.4, 0.5) is 4.39 Å². The Balaban J connectivity index is 1.51. The lowest BCUT2D eigenvalue weighted by Gasteiger charge is -2.38. The van der Waals surface area contributed by atoms with E-state index in [9.17, 15) is 14.3 Å². The Bertz CT molecular complexity index is 1430. The zero-order chi connectivity index (χ0) is 26.2. The van der Waals surface area contributed by atoms with Crippen LogP contribution in [0, 0.1) is 5.82 Å². The number of piperidine rings is 1. The fraction of sp³-hybridized carbons (Fsp3) is 0.241. The number of rotatable bonds is 5. The normalized spacial score (nSPS) is 15.1. The van der Waals surface area contributed by atoms with Gasteiger partial charge in [0.25, 0.3) is 5.91 Å². The molecule has 1 saturated heterocycles. The number of carbonyl (C=O) groups excluding carboxylic acids is 1. The molecule has 5 rings (SSSR count). The van der Waals surface area contributed by atoms with Crippen molar-refractivity contribution in [2.24, 2.45) is 0 Å². The third kappa shape index (κ3) is 4.89. The average Bonchev–Trinajstić information content (AvgIpc) is 3.29. The average molecular weight is 538 g/mol. The van der Waals surface area contributed by atoms with Crippen LogP contribution in [-0.2, 0) is 12.0 Å². The second-order valence-electron chi connectivity index (χ2n) is 9.21. The minimum atomic E-state index is -1.11. The van der Waals surface area contributed by atoms with Gasteiger partial charge >= 0.3 is 0 Å². The van der Waals surface area contributed by atoms with E-state index < -0.39 is 5.60 Å². The van der Waals surface area contributed by atoms with E-state index in [2.05, 4.69) is 0 Å². The molecule has 0 unspecified atom stereocenters. The highest BCUT2D eigenvalue weighted by Gasteiger charge is 2.37. The first-order valence-electron chi connectivity index (χ1n) is 12.2. The molecule has 37 heavy (non-hydrogen) atoms. The van der Waals surface area contributed by atoms with Crippen LogP contribution in [0.15, 0.2) is 72.8 Å². The van der Waals surface area contributed by atoms with Gasteiger partial charge in [-0.25, -0.2) is 9.37 Å². The summed E-state index contributed by atoms with van der Waals surface area (Å²) in [6, 6.07) is 20.7. The summed E-state index contributed by atoms with van der Waals surface area (Å²) in [7, 11) is 0. The summed E-state index contributed by atoms with van der Waals surface area (Å²) in [5.41, 5.74) is 2.22. The zero-order valence-electron chi connectivity index (χ0n) is 20.3. The maximum atomic E-state index is 13.8. The van der Waals surface area contributed by atoms with Crippen molar-refractivity contribution in [2.75, 3.05) is 13.1 Å². The highest BCUT2D eigenvalue weighted by Crippen LogP contribution is 2.35. The zero-order valence-corrected chi connectivity index (χ0v) is 21.8. The largest absolute Gasteiger partial charge is 0.385 e. The predicted molar refractivity (Wildman–Crippen MR) is 144 cm³/mol. The van der Waals surface area contributed by atoms with Crippen molar-refractivity contribution in [1.29, 1.82) is 0 Å². The van der Waals surface area contributed by atoms with Gasteiger partial charge in [-0.1, -0.05) is 54.4 Å². The minimum Gasteiger partial charge on any atom is -0.385 e. The summed E-state index contributed by atoms with van der Waals surface area (Å²) in [5, 5.41) is 12.3. The van der Waals surface area contributed by atoms with Crippen LogP contribution in [0.5, 0.6) is 0 Å². The van der Waals surface area contributed by atoms with Crippen molar-refractivity contribution in [1.82, 2.24) is 14.5 Å². The predicted octanol–water partition coefficient (Wildman–Crippen LogP) is 6.67. The summed E-state index contributed by atoms with van der Waals surface area (Å²) in [6.07, 6.45) is 1.26. The van der Waals surface area contributed by atoms with Gasteiger partial charge in [-0.2, -0.15) is 0 Å². The SMILES string of the molecule is CCc1c(C(=O)N2CCC(O)(c3ccc(F)cc3)CC2)nc(-c2ccccc2Cl)n1-c1ccc(Cl)cc1. The third-order valence-corrected chi connectivity index (χ3v) is 7.55. The van der Waals surface area contributed by atoms with Gasteiger partial charge in [0.1, 0.15) is 11.6 Å². The van der Waals surface area contributed by atoms with Crippen LogP contribution >= 0.6 is 23.2 Å². The van der Waals surface area contributed by atoms with Crippen molar-refractivity contribution in [2.45, 2.75) is 31.8 Å². The summed E-state index contributed by atoms with van der Waals surface area (Å²) in [4.78, 5) is 20.4. The van der Waals surface area contributed by atoms with Crippen molar-refractivity contribution < 1.29 is 14.3 Å². The first kappa shape index (κ1) is 25.5. The number of hydrogen-bond acceptors (Lipinski definition) is 3. The fourth-order valence-electron chi connectivity index (χ4n) is 4.92. The summed E-state index contributed by atoms with van der Waals surface area (Å²) in [5.74, 6) is 0.0321. The van der Waals surface area contributed by atoms with E-state index in [4.69, 9.17) is 28.2 Å². The minimum absolute atomic E-state index is 0.195. The quantitative estimate of drug-likeness (QED) is 0.309. The molecule has 5 nitrogen and oxygen atoms in total. The molecule has 8 heteroatoms. The van der Waals surface area contributed by atoms with E-state index in [1.807, 2.05) is 41.8 Å². The first-order valence-corrected chi connectivity index (χ1v) is 13.0. The molecule has 0 aliphatic carbocycles. The number of imidazole rings is 1. The summed E-state index contributed by atoms with van der Waals surface area (Å²) in [6.45, 7) is 2.69. The van der Waals surface area contributed by atoms with E-state index in [1.54, 1.807) is 35.2 Å². The first-order chi connectivity index (χ1) is 17.8. The lowest BCUT2D eigenvalue weighted by molar-refractivity contribution is -0.0213.